The molecule has 2 heteroatoms. The summed E-state index contributed by atoms with van der Waals surface area (Å²) >= 11 is 0. The number of hydrogen-bond acceptors (Lipinski definition) is 2. The Morgan fingerprint density at radius 3 is 2.59 bits per heavy atom. The van der Waals surface area contributed by atoms with Gasteiger partial charge >= 0.3 is 0 Å². The fourth-order valence-electron chi connectivity index (χ4n) is 3.06. The van der Waals surface area contributed by atoms with Crippen molar-refractivity contribution >= 4 is 5.78 Å². The lowest BCUT2D eigenvalue weighted by Crippen LogP contribution is -2.32. The number of carbonyl (C=O) groups is 1. The van der Waals surface area contributed by atoms with Gasteiger partial charge in [-0.25, -0.2) is 0 Å². The van der Waals surface area contributed by atoms with Crippen LogP contribution in [0.1, 0.15) is 39.0 Å². The molecule has 0 radical (unpaired) electrons. The van der Waals surface area contributed by atoms with Crippen molar-refractivity contribution in [2.75, 3.05) is 13.1 Å². The van der Waals surface area contributed by atoms with E-state index in [1.54, 1.807) is 0 Å². The first kappa shape index (κ1) is 15.0. The molecule has 0 aromatic heterocycles. The minimum atomic E-state index is 0.252. The van der Waals surface area contributed by atoms with E-state index in [2.05, 4.69) is 43.0 Å². The molecule has 0 N–H and O–H groups in total. The Bertz CT molecular complexity index is 690. The Morgan fingerprint density at radius 2 is 1.82 bits per heavy atom. The maximum atomic E-state index is 12.4. The maximum absolute atomic E-state index is 12.4. The first-order chi connectivity index (χ1) is 10.6. The van der Waals surface area contributed by atoms with E-state index in [9.17, 15) is 4.79 Å². The largest absolute Gasteiger partial charge is 0.298 e. The Morgan fingerprint density at radius 1 is 1.05 bits per heavy atom. The van der Waals surface area contributed by atoms with Crippen molar-refractivity contribution in [3.05, 3.63) is 70.3 Å². The molecule has 0 saturated heterocycles. The number of hydrogen-bond donors (Lipinski definition) is 0. The van der Waals surface area contributed by atoms with Crippen LogP contribution < -0.4 is 0 Å². The van der Waals surface area contributed by atoms with Gasteiger partial charge in [-0.15, -0.1) is 0 Å². The van der Waals surface area contributed by atoms with E-state index < -0.39 is 0 Å². The molecule has 0 amide bonds. The normalized spacial score (nSPS) is 14.6. The predicted octanol–water partition coefficient (Wildman–Crippen LogP) is 3.93. The van der Waals surface area contributed by atoms with Crippen molar-refractivity contribution in [2.24, 2.45) is 0 Å². The first-order valence-corrected chi connectivity index (χ1v) is 8.03. The predicted molar refractivity (Wildman–Crippen MR) is 90.3 cm³/mol. The SMILES string of the molecule is Cc1ccc(C(=O)CCN2CCc3ccccc3C2)cc1C. The summed E-state index contributed by atoms with van der Waals surface area (Å²) in [7, 11) is 0. The van der Waals surface area contributed by atoms with E-state index in [0.717, 1.165) is 31.6 Å². The summed E-state index contributed by atoms with van der Waals surface area (Å²) in [5.74, 6) is 0.252. The van der Waals surface area contributed by atoms with Crippen LogP contribution in [0, 0.1) is 13.8 Å². The Balaban J connectivity index is 1.59. The molecule has 1 aliphatic rings. The highest BCUT2D eigenvalue weighted by atomic mass is 16.1. The third-order valence-electron chi connectivity index (χ3n) is 4.69. The van der Waals surface area contributed by atoms with Gasteiger partial charge in [0.1, 0.15) is 0 Å². The van der Waals surface area contributed by atoms with Crippen LogP contribution in [0.15, 0.2) is 42.5 Å². The van der Waals surface area contributed by atoms with Crippen LogP contribution in [0.5, 0.6) is 0 Å². The molecule has 2 aromatic rings. The first-order valence-electron chi connectivity index (χ1n) is 8.03. The van der Waals surface area contributed by atoms with E-state index in [4.69, 9.17) is 0 Å². The van der Waals surface area contributed by atoms with Crippen molar-refractivity contribution in [2.45, 2.75) is 33.2 Å². The molecule has 0 atom stereocenters. The summed E-state index contributed by atoms with van der Waals surface area (Å²) in [6.07, 6.45) is 1.69. The number of nitrogens with zero attached hydrogens (tertiary/aromatic N) is 1. The molecule has 22 heavy (non-hydrogen) atoms. The van der Waals surface area contributed by atoms with Crippen LogP contribution in [-0.4, -0.2) is 23.8 Å². The van der Waals surface area contributed by atoms with Gasteiger partial charge in [-0.3, -0.25) is 9.69 Å². The van der Waals surface area contributed by atoms with Crippen molar-refractivity contribution in [1.82, 2.24) is 4.90 Å². The van der Waals surface area contributed by atoms with Gasteiger partial charge in [0.2, 0.25) is 0 Å². The smallest absolute Gasteiger partial charge is 0.164 e. The third-order valence-corrected chi connectivity index (χ3v) is 4.69. The number of carbonyl (C=O) groups excluding carboxylic acids is 1. The molecule has 2 nitrogen and oxygen atoms in total. The summed E-state index contributed by atoms with van der Waals surface area (Å²) in [6.45, 7) is 7.01. The average Bonchev–Trinajstić information content (AvgIpc) is 2.55. The maximum Gasteiger partial charge on any atom is 0.164 e. The molecule has 0 unspecified atom stereocenters. The number of ketones is 1. The quantitative estimate of drug-likeness (QED) is 0.796. The minimum absolute atomic E-state index is 0.252. The molecular weight excluding hydrogens is 270 g/mol. The van der Waals surface area contributed by atoms with Crippen LogP contribution in [0.25, 0.3) is 0 Å². The van der Waals surface area contributed by atoms with Crippen LogP contribution in [-0.2, 0) is 13.0 Å². The van der Waals surface area contributed by atoms with Crippen molar-refractivity contribution in [1.29, 1.82) is 0 Å². The lowest BCUT2D eigenvalue weighted by Gasteiger charge is -2.28. The second-order valence-corrected chi connectivity index (χ2v) is 6.27. The van der Waals surface area contributed by atoms with E-state index in [-0.39, 0.29) is 5.78 Å². The number of benzene rings is 2. The van der Waals surface area contributed by atoms with Crippen LogP contribution >= 0.6 is 0 Å². The molecule has 0 bridgehead atoms. The fourth-order valence-corrected chi connectivity index (χ4v) is 3.06. The van der Waals surface area contributed by atoms with Crippen LogP contribution in [0.2, 0.25) is 0 Å². The summed E-state index contributed by atoms with van der Waals surface area (Å²) in [5, 5.41) is 0. The second kappa shape index (κ2) is 6.45. The van der Waals surface area contributed by atoms with Crippen molar-refractivity contribution < 1.29 is 4.79 Å². The highest BCUT2D eigenvalue weighted by molar-refractivity contribution is 5.96. The number of Topliss-reactive ketones (excluding diaryl/α,β-unsaturated/α-hetero) is 1. The lowest BCUT2D eigenvalue weighted by molar-refractivity contribution is 0.0960. The zero-order valence-corrected chi connectivity index (χ0v) is 13.4. The van der Waals surface area contributed by atoms with E-state index in [1.165, 1.54) is 22.3 Å². The molecular formula is C20H23NO. The van der Waals surface area contributed by atoms with Gasteiger partial charge in [-0.2, -0.15) is 0 Å². The lowest BCUT2D eigenvalue weighted by atomic mass is 9.99. The van der Waals surface area contributed by atoms with E-state index in [1.807, 2.05) is 18.2 Å². The minimum Gasteiger partial charge on any atom is -0.298 e. The van der Waals surface area contributed by atoms with Gasteiger partial charge in [-0.05, 0) is 48.6 Å². The highest BCUT2D eigenvalue weighted by Crippen LogP contribution is 2.19. The van der Waals surface area contributed by atoms with Gasteiger partial charge in [-0.1, -0.05) is 36.4 Å². The topological polar surface area (TPSA) is 20.3 Å². The molecule has 3 rings (SSSR count). The zero-order valence-electron chi connectivity index (χ0n) is 13.4. The highest BCUT2D eigenvalue weighted by Gasteiger charge is 2.16. The summed E-state index contributed by atoms with van der Waals surface area (Å²) in [5.41, 5.74) is 6.15. The molecule has 114 valence electrons. The van der Waals surface area contributed by atoms with Crippen molar-refractivity contribution in [3.63, 3.8) is 0 Å². The molecule has 0 fully saturated rings. The molecule has 2 aromatic carbocycles. The molecule has 1 aliphatic heterocycles. The second-order valence-electron chi connectivity index (χ2n) is 6.27. The van der Waals surface area contributed by atoms with Gasteiger partial charge in [0, 0.05) is 31.6 Å². The summed E-state index contributed by atoms with van der Waals surface area (Å²) in [6, 6.07) is 14.6. The van der Waals surface area contributed by atoms with Gasteiger partial charge < -0.3 is 0 Å². The Kier molecular flexibility index (Phi) is 4.39. The Hall–Kier alpha value is -1.93. The Labute approximate surface area is 132 Å². The van der Waals surface area contributed by atoms with Gasteiger partial charge in [0.05, 0.1) is 0 Å². The van der Waals surface area contributed by atoms with E-state index >= 15 is 0 Å². The average molecular weight is 293 g/mol. The third kappa shape index (κ3) is 3.28. The van der Waals surface area contributed by atoms with Crippen LogP contribution in [0.4, 0.5) is 0 Å². The standard InChI is InChI=1S/C20H23NO/c1-15-7-8-18(13-16(15)2)20(22)10-12-21-11-9-17-5-3-4-6-19(17)14-21/h3-8,13H,9-12,14H2,1-2H3. The summed E-state index contributed by atoms with van der Waals surface area (Å²) < 4.78 is 0. The molecule has 0 aliphatic carbocycles. The zero-order chi connectivity index (χ0) is 15.5. The number of fused-ring (bicyclic) bond motifs is 1. The monoisotopic (exact) mass is 293 g/mol. The van der Waals surface area contributed by atoms with Crippen molar-refractivity contribution in [3.8, 4) is 0 Å². The molecule has 1 heterocycles. The summed E-state index contributed by atoms with van der Waals surface area (Å²) in [4.78, 5) is 14.8. The fraction of sp³-hybridized carbons (Fsp3) is 0.350. The molecule has 0 spiro atoms. The van der Waals surface area contributed by atoms with Gasteiger partial charge in [0.15, 0.2) is 5.78 Å². The number of rotatable bonds is 4. The van der Waals surface area contributed by atoms with E-state index in [0.29, 0.717) is 6.42 Å². The van der Waals surface area contributed by atoms with Crippen LogP contribution in [0.3, 0.4) is 0 Å². The van der Waals surface area contributed by atoms with Gasteiger partial charge in [0.25, 0.3) is 0 Å². The number of aryl methyl sites for hydroxylation is 2. The molecule has 0 saturated carbocycles.